The number of amides is 4. The van der Waals surface area contributed by atoms with Crippen molar-refractivity contribution in [3.05, 3.63) is 35.9 Å². The van der Waals surface area contributed by atoms with Gasteiger partial charge >= 0.3 is 18.0 Å². The number of hydrogen-bond donors (Lipinski definition) is 0. The number of hydrogen-bond acceptors (Lipinski definition) is 7. The summed E-state index contributed by atoms with van der Waals surface area (Å²) in [5.74, 6) is -2.99. The van der Waals surface area contributed by atoms with E-state index in [1.165, 1.54) is 0 Å². The molecule has 1 aliphatic heterocycles. The Hall–Kier alpha value is -3.23. The van der Waals surface area contributed by atoms with E-state index in [4.69, 9.17) is 9.47 Å². The van der Waals surface area contributed by atoms with Crippen LogP contribution in [0.4, 0.5) is 4.79 Å². The highest BCUT2D eigenvalue weighted by atomic mass is 16.6. The largest absolute Gasteiger partial charge is 0.444 e. The standard InChI is InChI=1S/C18H20N2O7/c1-4-18(14-8-6-5-7-9-14)15(23)19(10-26-12(2)21)17(25)20(16(18)24)11-27-13(3)22/h5-9H,4,10-11H2,1-3H3. The van der Waals surface area contributed by atoms with Crippen molar-refractivity contribution >= 4 is 29.8 Å². The highest BCUT2D eigenvalue weighted by molar-refractivity contribution is 6.22. The number of carbonyl (C=O) groups is 5. The molecule has 0 aromatic heterocycles. The van der Waals surface area contributed by atoms with Crippen LogP contribution >= 0.6 is 0 Å². The number of urea groups is 1. The number of imide groups is 2. The van der Waals surface area contributed by atoms with E-state index in [-0.39, 0.29) is 6.42 Å². The molecule has 1 saturated heterocycles. The molecule has 9 heteroatoms. The average molecular weight is 376 g/mol. The minimum Gasteiger partial charge on any atom is -0.444 e. The van der Waals surface area contributed by atoms with E-state index >= 15 is 0 Å². The maximum absolute atomic E-state index is 13.2. The summed E-state index contributed by atoms with van der Waals surface area (Å²) in [7, 11) is 0. The third kappa shape index (κ3) is 3.67. The summed E-state index contributed by atoms with van der Waals surface area (Å²) < 4.78 is 9.61. The fraction of sp³-hybridized carbons (Fsp3) is 0.389. The maximum atomic E-state index is 13.2. The molecule has 0 atom stereocenters. The van der Waals surface area contributed by atoms with Gasteiger partial charge in [-0.1, -0.05) is 37.3 Å². The van der Waals surface area contributed by atoms with Gasteiger partial charge in [-0.05, 0) is 12.0 Å². The number of carbonyl (C=O) groups excluding carboxylic acids is 5. The lowest BCUT2D eigenvalue weighted by molar-refractivity contribution is -0.163. The first-order valence-electron chi connectivity index (χ1n) is 8.25. The zero-order valence-electron chi connectivity index (χ0n) is 15.3. The fourth-order valence-electron chi connectivity index (χ4n) is 2.89. The molecule has 0 radical (unpaired) electrons. The summed E-state index contributed by atoms with van der Waals surface area (Å²) in [4.78, 5) is 62.6. The monoisotopic (exact) mass is 376 g/mol. The third-order valence-corrected chi connectivity index (χ3v) is 4.27. The van der Waals surface area contributed by atoms with Crippen molar-refractivity contribution in [2.75, 3.05) is 13.5 Å². The summed E-state index contributed by atoms with van der Waals surface area (Å²) in [6.45, 7) is 2.60. The summed E-state index contributed by atoms with van der Waals surface area (Å²) in [5.41, 5.74) is -1.31. The van der Waals surface area contributed by atoms with Gasteiger partial charge in [0.15, 0.2) is 18.9 Å². The topological polar surface area (TPSA) is 110 Å². The zero-order valence-corrected chi connectivity index (χ0v) is 15.3. The molecule has 0 bridgehead atoms. The molecule has 0 saturated carbocycles. The molecule has 1 aromatic carbocycles. The second kappa shape index (κ2) is 7.98. The van der Waals surface area contributed by atoms with Gasteiger partial charge in [0.1, 0.15) is 0 Å². The predicted octanol–water partition coefficient (Wildman–Crippen LogP) is 1.17. The first-order valence-corrected chi connectivity index (χ1v) is 8.25. The number of barbiturate groups is 1. The first kappa shape index (κ1) is 20.1. The number of ether oxygens (including phenoxy) is 2. The van der Waals surface area contributed by atoms with Gasteiger partial charge in [0, 0.05) is 13.8 Å². The van der Waals surface area contributed by atoms with Crippen molar-refractivity contribution in [2.24, 2.45) is 0 Å². The molecule has 1 heterocycles. The summed E-state index contributed by atoms with van der Waals surface area (Å²) in [5, 5.41) is 0. The number of rotatable bonds is 6. The Labute approximate surface area is 155 Å². The summed E-state index contributed by atoms with van der Waals surface area (Å²) in [6, 6.07) is 7.23. The van der Waals surface area contributed by atoms with Crippen LogP contribution in [0.25, 0.3) is 0 Å². The van der Waals surface area contributed by atoms with Crippen LogP contribution < -0.4 is 0 Å². The molecule has 0 aliphatic carbocycles. The van der Waals surface area contributed by atoms with Gasteiger partial charge in [-0.3, -0.25) is 19.2 Å². The molecule has 27 heavy (non-hydrogen) atoms. The lowest BCUT2D eigenvalue weighted by Crippen LogP contribution is -2.67. The van der Waals surface area contributed by atoms with Gasteiger partial charge in [-0.15, -0.1) is 0 Å². The molecule has 2 rings (SSSR count). The van der Waals surface area contributed by atoms with Crippen LogP contribution in [-0.2, 0) is 34.1 Å². The first-order chi connectivity index (χ1) is 12.8. The molecule has 0 N–H and O–H groups in total. The van der Waals surface area contributed by atoms with Crippen molar-refractivity contribution in [1.29, 1.82) is 0 Å². The second-order valence-corrected chi connectivity index (χ2v) is 5.90. The Balaban J connectivity index is 2.54. The van der Waals surface area contributed by atoms with Crippen molar-refractivity contribution in [2.45, 2.75) is 32.6 Å². The van der Waals surface area contributed by atoms with Gasteiger partial charge in [0.05, 0.1) is 0 Å². The highest BCUT2D eigenvalue weighted by Crippen LogP contribution is 2.36. The smallest absolute Gasteiger partial charge is 0.339 e. The molecular formula is C18H20N2O7. The molecule has 1 aromatic rings. The maximum Gasteiger partial charge on any atom is 0.339 e. The molecule has 4 amide bonds. The van der Waals surface area contributed by atoms with Gasteiger partial charge in [0.25, 0.3) is 11.8 Å². The van der Waals surface area contributed by atoms with E-state index in [2.05, 4.69) is 0 Å². The number of benzene rings is 1. The predicted molar refractivity (Wildman–Crippen MR) is 90.8 cm³/mol. The molecule has 9 nitrogen and oxygen atoms in total. The Bertz CT molecular complexity index is 735. The van der Waals surface area contributed by atoms with Crippen LogP contribution in [-0.4, -0.2) is 53.0 Å². The SMILES string of the molecule is CCC1(c2ccccc2)C(=O)N(COC(C)=O)C(=O)N(COC(C)=O)C1=O. The normalized spacial score (nSPS) is 16.3. The zero-order chi connectivity index (χ0) is 20.2. The minimum atomic E-state index is -1.70. The van der Waals surface area contributed by atoms with Crippen molar-refractivity contribution in [1.82, 2.24) is 9.80 Å². The van der Waals surface area contributed by atoms with Crippen LogP contribution in [0.15, 0.2) is 30.3 Å². The third-order valence-electron chi connectivity index (χ3n) is 4.27. The van der Waals surface area contributed by atoms with Gasteiger partial charge in [-0.2, -0.15) is 0 Å². The van der Waals surface area contributed by atoms with E-state index in [0.29, 0.717) is 15.4 Å². The van der Waals surface area contributed by atoms with E-state index in [1.54, 1.807) is 37.3 Å². The molecular weight excluding hydrogens is 356 g/mol. The van der Waals surface area contributed by atoms with Crippen molar-refractivity contribution in [3.8, 4) is 0 Å². The minimum absolute atomic E-state index is 0.0507. The lowest BCUT2D eigenvalue weighted by atomic mass is 9.74. The Morgan fingerprint density at radius 2 is 1.33 bits per heavy atom. The van der Waals surface area contributed by atoms with Crippen LogP contribution in [0.1, 0.15) is 32.8 Å². The van der Waals surface area contributed by atoms with Gasteiger partial charge < -0.3 is 9.47 Å². The number of nitrogens with zero attached hydrogens (tertiary/aromatic N) is 2. The fourth-order valence-corrected chi connectivity index (χ4v) is 2.89. The van der Waals surface area contributed by atoms with Crippen molar-refractivity contribution < 1.29 is 33.4 Å². The van der Waals surface area contributed by atoms with E-state index < -0.39 is 48.7 Å². The molecule has 1 aliphatic rings. The average Bonchev–Trinajstić information content (AvgIpc) is 2.62. The van der Waals surface area contributed by atoms with Gasteiger partial charge in [0.2, 0.25) is 0 Å². The molecule has 144 valence electrons. The lowest BCUT2D eigenvalue weighted by Gasteiger charge is -2.43. The summed E-state index contributed by atoms with van der Waals surface area (Å²) in [6.07, 6.45) is 0.0507. The molecule has 0 unspecified atom stereocenters. The van der Waals surface area contributed by atoms with Crippen LogP contribution in [0.2, 0.25) is 0 Å². The molecule has 1 fully saturated rings. The van der Waals surface area contributed by atoms with Crippen LogP contribution in [0, 0.1) is 0 Å². The highest BCUT2D eigenvalue weighted by Gasteiger charge is 2.57. The Morgan fingerprint density at radius 3 is 1.70 bits per heavy atom. The van der Waals surface area contributed by atoms with Gasteiger partial charge in [-0.25, -0.2) is 14.6 Å². The van der Waals surface area contributed by atoms with E-state index in [9.17, 15) is 24.0 Å². The second-order valence-electron chi connectivity index (χ2n) is 5.90. The quantitative estimate of drug-likeness (QED) is 0.541. The Morgan fingerprint density at radius 1 is 0.889 bits per heavy atom. The van der Waals surface area contributed by atoms with Crippen molar-refractivity contribution in [3.63, 3.8) is 0 Å². The van der Waals surface area contributed by atoms with Crippen LogP contribution in [0.3, 0.4) is 0 Å². The van der Waals surface area contributed by atoms with E-state index in [1.807, 2.05) is 0 Å². The Kier molecular flexibility index (Phi) is 5.94. The summed E-state index contributed by atoms with van der Waals surface area (Å²) >= 11 is 0. The van der Waals surface area contributed by atoms with E-state index in [0.717, 1.165) is 13.8 Å². The molecule has 0 spiro atoms. The van der Waals surface area contributed by atoms with Crippen LogP contribution in [0.5, 0.6) is 0 Å². The number of esters is 2.